The van der Waals surface area contributed by atoms with Crippen LogP contribution in [0, 0.1) is 0 Å². The largest absolute Gasteiger partial charge is 0.348 e. The van der Waals surface area contributed by atoms with E-state index in [0.29, 0.717) is 22.0 Å². The van der Waals surface area contributed by atoms with Gasteiger partial charge in [0.1, 0.15) is 0 Å². The Bertz CT molecular complexity index is 803. The summed E-state index contributed by atoms with van der Waals surface area (Å²) in [6, 6.07) is 5.28. The van der Waals surface area contributed by atoms with Crippen molar-refractivity contribution in [3.63, 3.8) is 0 Å². The fraction of sp³-hybridized carbons (Fsp3) is 0.250. The second kappa shape index (κ2) is 3.81. The van der Waals surface area contributed by atoms with Crippen molar-refractivity contribution < 1.29 is 0 Å². The molecule has 0 spiro atoms. The Kier molecular flexibility index (Phi) is 2.38. The third kappa shape index (κ3) is 1.59. The van der Waals surface area contributed by atoms with Gasteiger partial charge in [-0.2, -0.15) is 4.52 Å². The van der Waals surface area contributed by atoms with Gasteiger partial charge in [0.25, 0.3) is 0 Å². The van der Waals surface area contributed by atoms with Crippen molar-refractivity contribution in [1.82, 2.24) is 19.6 Å². The van der Waals surface area contributed by atoms with Gasteiger partial charge in [0, 0.05) is 16.3 Å². The minimum Gasteiger partial charge on any atom is -0.305 e. The minimum atomic E-state index is -0.292. The highest BCUT2D eigenvalue weighted by atomic mass is 35.5. The van der Waals surface area contributed by atoms with E-state index in [0.717, 1.165) is 5.39 Å². The second-order valence-electron chi connectivity index (χ2n) is 4.48. The van der Waals surface area contributed by atoms with Crippen LogP contribution in [0.25, 0.3) is 16.6 Å². The molecule has 1 N–H and O–H groups in total. The maximum atomic E-state index is 11.9. The molecule has 0 unspecified atom stereocenters. The first-order valence-electron chi connectivity index (χ1n) is 5.64. The molecule has 0 aliphatic carbocycles. The van der Waals surface area contributed by atoms with Crippen LogP contribution in [0.3, 0.4) is 0 Å². The maximum Gasteiger partial charge on any atom is 0.348 e. The number of halogens is 1. The van der Waals surface area contributed by atoms with Crippen LogP contribution >= 0.6 is 11.6 Å². The highest BCUT2D eigenvalue weighted by Crippen LogP contribution is 2.21. The Labute approximate surface area is 107 Å². The lowest BCUT2D eigenvalue weighted by Gasteiger charge is -1.99. The van der Waals surface area contributed by atoms with Crippen molar-refractivity contribution in [2.75, 3.05) is 0 Å². The van der Waals surface area contributed by atoms with E-state index in [1.165, 1.54) is 4.52 Å². The molecule has 0 amide bonds. The van der Waals surface area contributed by atoms with E-state index >= 15 is 0 Å². The average molecular weight is 263 g/mol. The number of rotatable bonds is 1. The number of nitrogens with zero attached hydrogens (tertiary/aromatic N) is 3. The van der Waals surface area contributed by atoms with E-state index in [4.69, 9.17) is 11.6 Å². The van der Waals surface area contributed by atoms with Crippen LogP contribution in [-0.2, 0) is 0 Å². The Morgan fingerprint density at radius 2 is 2.17 bits per heavy atom. The first-order chi connectivity index (χ1) is 8.56. The molecule has 18 heavy (non-hydrogen) atoms. The quantitative estimate of drug-likeness (QED) is 0.732. The summed E-state index contributed by atoms with van der Waals surface area (Å²) in [4.78, 5) is 19.1. The van der Waals surface area contributed by atoms with E-state index in [9.17, 15) is 4.79 Å². The average Bonchev–Trinajstić information content (AvgIpc) is 2.76. The van der Waals surface area contributed by atoms with Gasteiger partial charge < -0.3 is 4.98 Å². The van der Waals surface area contributed by atoms with Crippen LogP contribution in [0.15, 0.2) is 23.0 Å². The van der Waals surface area contributed by atoms with E-state index in [-0.39, 0.29) is 11.6 Å². The third-order valence-electron chi connectivity index (χ3n) is 2.80. The monoisotopic (exact) mass is 262 g/mol. The van der Waals surface area contributed by atoms with Crippen LogP contribution in [0.5, 0.6) is 0 Å². The van der Waals surface area contributed by atoms with Gasteiger partial charge in [0.05, 0.1) is 5.52 Å². The Balaban J connectivity index is 2.51. The summed E-state index contributed by atoms with van der Waals surface area (Å²) in [6.45, 7) is 3.97. The van der Waals surface area contributed by atoms with Gasteiger partial charge in [0.15, 0.2) is 11.5 Å². The number of fused-ring (bicyclic) bond motifs is 3. The molecule has 0 aliphatic rings. The maximum absolute atomic E-state index is 11.9. The molecule has 1 aromatic carbocycles. The molecule has 2 heterocycles. The van der Waals surface area contributed by atoms with Crippen molar-refractivity contribution in [1.29, 1.82) is 0 Å². The van der Waals surface area contributed by atoms with Gasteiger partial charge >= 0.3 is 5.69 Å². The van der Waals surface area contributed by atoms with Crippen molar-refractivity contribution in [2.24, 2.45) is 0 Å². The predicted molar refractivity (Wildman–Crippen MR) is 70.2 cm³/mol. The van der Waals surface area contributed by atoms with Crippen molar-refractivity contribution in [2.45, 2.75) is 19.8 Å². The summed E-state index contributed by atoms with van der Waals surface area (Å²) >= 11 is 5.98. The number of hydrogen-bond donors (Lipinski definition) is 1. The Hall–Kier alpha value is -1.88. The van der Waals surface area contributed by atoms with Crippen LogP contribution in [-0.4, -0.2) is 19.6 Å². The van der Waals surface area contributed by atoms with Gasteiger partial charge in [-0.15, -0.1) is 5.10 Å². The van der Waals surface area contributed by atoms with E-state index in [2.05, 4.69) is 15.1 Å². The molecule has 0 fully saturated rings. The highest BCUT2D eigenvalue weighted by molar-refractivity contribution is 6.31. The number of aromatic amines is 1. The number of hydrogen-bond acceptors (Lipinski definition) is 3. The fourth-order valence-electron chi connectivity index (χ4n) is 1.87. The minimum absolute atomic E-state index is 0.165. The third-order valence-corrected chi connectivity index (χ3v) is 3.03. The first-order valence-corrected chi connectivity index (χ1v) is 6.02. The Morgan fingerprint density at radius 3 is 2.89 bits per heavy atom. The van der Waals surface area contributed by atoms with Crippen molar-refractivity contribution in [3.05, 3.63) is 39.5 Å². The molecule has 0 atom stereocenters. The van der Waals surface area contributed by atoms with Crippen molar-refractivity contribution in [3.8, 4) is 0 Å². The smallest absolute Gasteiger partial charge is 0.305 e. The molecule has 0 saturated heterocycles. The van der Waals surface area contributed by atoms with Crippen LogP contribution in [0.2, 0.25) is 5.02 Å². The van der Waals surface area contributed by atoms with Gasteiger partial charge in [-0.25, -0.2) is 9.78 Å². The molecule has 6 heteroatoms. The van der Waals surface area contributed by atoms with Crippen LogP contribution < -0.4 is 5.69 Å². The first kappa shape index (κ1) is 11.2. The summed E-state index contributed by atoms with van der Waals surface area (Å²) in [7, 11) is 0. The zero-order valence-electron chi connectivity index (χ0n) is 9.94. The lowest BCUT2D eigenvalue weighted by atomic mass is 10.2. The molecule has 0 radical (unpaired) electrons. The van der Waals surface area contributed by atoms with Gasteiger partial charge in [-0.05, 0) is 18.2 Å². The van der Waals surface area contributed by atoms with E-state index in [1.807, 2.05) is 13.8 Å². The van der Waals surface area contributed by atoms with Crippen molar-refractivity contribution >= 4 is 28.2 Å². The lowest BCUT2D eigenvalue weighted by molar-refractivity contribution is 0.753. The van der Waals surface area contributed by atoms with Crippen LogP contribution in [0.1, 0.15) is 25.6 Å². The zero-order chi connectivity index (χ0) is 12.9. The SMILES string of the molecule is CC(C)c1nc2c3cc(Cl)ccc3[nH]c(=O)n2n1. The molecule has 0 saturated carbocycles. The standard InChI is InChI=1S/C12H11ClN4O/c1-6(2)10-15-11-8-5-7(13)3-4-9(8)14-12(18)17(11)16-10/h3-6H,1-2H3,(H,14,18). The van der Waals surface area contributed by atoms with Gasteiger partial charge in [-0.1, -0.05) is 25.4 Å². The molecular weight excluding hydrogens is 252 g/mol. The van der Waals surface area contributed by atoms with E-state index < -0.39 is 0 Å². The normalized spacial score (nSPS) is 11.8. The number of benzene rings is 1. The highest BCUT2D eigenvalue weighted by Gasteiger charge is 2.12. The molecule has 0 aliphatic heterocycles. The van der Waals surface area contributed by atoms with Gasteiger partial charge in [-0.3, -0.25) is 0 Å². The van der Waals surface area contributed by atoms with Gasteiger partial charge in [0.2, 0.25) is 0 Å². The molecule has 3 aromatic rings. The number of nitrogens with one attached hydrogen (secondary N) is 1. The van der Waals surface area contributed by atoms with Crippen LogP contribution in [0.4, 0.5) is 0 Å². The summed E-state index contributed by atoms with van der Waals surface area (Å²) in [5, 5.41) is 5.61. The predicted octanol–water partition coefficient (Wildman–Crippen LogP) is 2.35. The summed E-state index contributed by atoms with van der Waals surface area (Å²) in [6.07, 6.45) is 0. The topological polar surface area (TPSA) is 63.0 Å². The lowest BCUT2D eigenvalue weighted by Crippen LogP contribution is -2.17. The number of aromatic nitrogens is 4. The molecular formula is C12H11ClN4O. The molecule has 5 nitrogen and oxygen atoms in total. The van der Waals surface area contributed by atoms with E-state index in [1.54, 1.807) is 18.2 Å². The summed E-state index contributed by atoms with van der Waals surface area (Å²) in [5.74, 6) is 0.812. The molecule has 3 rings (SSSR count). The second-order valence-corrected chi connectivity index (χ2v) is 4.92. The zero-order valence-corrected chi connectivity index (χ0v) is 10.7. The molecule has 0 bridgehead atoms. The fourth-order valence-corrected chi connectivity index (χ4v) is 2.04. The summed E-state index contributed by atoms with van der Waals surface area (Å²) in [5.41, 5.74) is 0.957. The summed E-state index contributed by atoms with van der Waals surface area (Å²) < 4.78 is 1.29. The molecule has 92 valence electrons. The number of H-pyrrole nitrogens is 1. The molecule has 2 aromatic heterocycles. The Morgan fingerprint density at radius 1 is 1.39 bits per heavy atom.